The molecule has 0 saturated heterocycles. The first kappa shape index (κ1) is 16.8. The SMILES string of the molecule is COC(=O)c1c(NC(=O)CCc2ccc3c(c2)OCO3)c(C)nn1C. The van der Waals surface area contributed by atoms with Crippen LogP contribution in [0.2, 0.25) is 0 Å². The fourth-order valence-corrected chi connectivity index (χ4v) is 2.69. The third-order valence-electron chi connectivity index (χ3n) is 3.94. The zero-order valence-corrected chi connectivity index (χ0v) is 14.3. The van der Waals surface area contributed by atoms with E-state index in [1.54, 1.807) is 14.0 Å². The summed E-state index contributed by atoms with van der Waals surface area (Å²) in [7, 11) is 2.91. The predicted octanol–water partition coefficient (Wildman–Crippen LogP) is 1.82. The van der Waals surface area contributed by atoms with Crippen LogP contribution in [0.4, 0.5) is 5.69 Å². The van der Waals surface area contributed by atoms with E-state index in [1.165, 1.54) is 11.8 Å². The molecule has 3 rings (SSSR count). The molecule has 0 aliphatic carbocycles. The first-order chi connectivity index (χ1) is 12.0. The lowest BCUT2D eigenvalue weighted by molar-refractivity contribution is -0.116. The average Bonchev–Trinajstić information content (AvgIpc) is 3.16. The maximum atomic E-state index is 12.3. The fraction of sp³-hybridized carbons (Fsp3) is 0.353. The van der Waals surface area contributed by atoms with Gasteiger partial charge in [-0.05, 0) is 31.0 Å². The van der Waals surface area contributed by atoms with Crippen LogP contribution in [0.3, 0.4) is 0 Å². The van der Waals surface area contributed by atoms with E-state index in [-0.39, 0.29) is 24.8 Å². The Morgan fingerprint density at radius 2 is 2.08 bits per heavy atom. The minimum atomic E-state index is -0.547. The zero-order chi connectivity index (χ0) is 18.0. The maximum Gasteiger partial charge on any atom is 0.358 e. The molecule has 0 radical (unpaired) electrons. The first-order valence-corrected chi connectivity index (χ1v) is 7.80. The molecule has 2 heterocycles. The molecule has 1 aliphatic heterocycles. The molecule has 1 aliphatic rings. The van der Waals surface area contributed by atoms with E-state index in [1.807, 2.05) is 18.2 Å². The molecule has 1 amide bonds. The van der Waals surface area contributed by atoms with E-state index in [0.717, 1.165) is 5.56 Å². The second kappa shape index (κ2) is 6.84. The molecule has 0 spiro atoms. The van der Waals surface area contributed by atoms with Crippen LogP contribution in [-0.4, -0.2) is 35.6 Å². The Bertz CT molecular complexity index is 828. The number of nitrogens with one attached hydrogen (secondary N) is 1. The van der Waals surface area contributed by atoms with Gasteiger partial charge in [0, 0.05) is 13.5 Å². The summed E-state index contributed by atoms with van der Waals surface area (Å²) in [6.07, 6.45) is 0.796. The van der Waals surface area contributed by atoms with E-state index in [0.29, 0.717) is 29.3 Å². The number of methoxy groups -OCH3 is 1. The van der Waals surface area contributed by atoms with Crippen molar-refractivity contribution in [3.05, 3.63) is 35.2 Å². The number of benzene rings is 1. The molecule has 1 aromatic heterocycles. The van der Waals surface area contributed by atoms with Gasteiger partial charge < -0.3 is 19.5 Å². The number of carbonyl (C=O) groups is 2. The largest absolute Gasteiger partial charge is 0.464 e. The van der Waals surface area contributed by atoms with Gasteiger partial charge in [0.1, 0.15) is 0 Å². The lowest BCUT2D eigenvalue weighted by atomic mass is 10.1. The van der Waals surface area contributed by atoms with Crippen LogP contribution in [0, 0.1) is 6.92 Å². The summed E-state index contributed by atoms with van der Waals surface area (Å²) >= 11 is 0. The molecule has 0 unspecified atom stereocenters. The van der Waals surface area contributed by atoms with Crippen molar-refractivity contribution in [1.29, 1.82) is 0 Å². The molecule has 0 fully saturated rings. The number of rotatable bonds is 5. The Hall–Kier alpha value is -3.03. The van der Waals surface area contributed by atoms with Crippen LogP contribution in [-0.2, 0) is 23.0 Å². The molecular formula is C17H19N3O5. The Morgan fingerprint density at radius 1 is 1.32 bits per heavy atom. The summed E-state index contributed by atoms with van der Waals surface area (Å²) in [5.74, 6) is 0.643. The summed E-state index contributed by atoms with van der Waals surface area (Å²) in [4.78, 5) is 24.2. The quantitative estimate of drug-likeness (QED) is 0.831. The summed E-state index contributed by atoms with van der Waals surface area (Å²) < 4.78 is 16.7. The van der Waals surface area contributed by atoms with Crippen LogP contribution < -0.4 is 14.8 Å². The van der Waals surface area contributed by atoms with E-state index >= 15 is 0 Å². The van der Waals surface area contributed by atoms with Crippen LogP contribution in [0.15, 0.2) is 18.2 Å². The smallest absolute Gasteiger partial charge is 0.358 e. The van der Waals surface area contributed by atoms with E-state index in [4.69, 9.17) is 14.2 Å². The highest BCUT2D eigenvalue weighted by Crippen LogP contribution is 2.32. The predicted molar refractivity (Wildman–Crippen MR) is 88.8 cm³/mol. The van der Waals surface area contributed by atoms with Gasteiger partial charge in [-0.15, -0.1) is 0 Å². The number of fused-ring (bicyclic) bond motifs is 1. The number of hydrogen-bond donors (Lipinski definition) is 1. The summed E-state index contributed by atoms with van der Waals surface area (Å²) in [6, 6.07) is 5.59. The number of ether oxygens (including phenoxy) is 3. The van der Waals surface area contributed by atoms with Crippen LogP contribution in [0.5, 0.6) is 11.5 Å². The molecule has 1 N–H and O–H groups in total. The number of esters is 1. The normalized spacial score (nSPS) is 12.1. The minimum Gasteiger partial charge on any atom is -0.464 e. The van der Waals surface area contributed by atoms with Gasteiger partial charge in [0.15, 0.2) is 17.2 Å². The number of aryl methyl sites for hydroxylation is 3. The van der Waals surface area contributed by atoms with Crippen molar-refractivity contribution in [3.63, 3.8) is 0 Å². The third kappa shape index (κ3) is 3.42. The number of amides is 1. The van der Waals surface area contributed by atoms with E-state index in [9.17, 15) is 9.59 Å². The summed E-state index contributed by atoms with van der Waals surface area (Å²) in [5, 5.41) is 6.92. The fourth-order valence-electron chi connectivity index (χ4n) is 2.69. The minimum absolute atomic E-state index is 0.209. The molecule has 0 bridgehead atoms. The van der Waals surface area contributed by atoms with Gasteiger partial charge in [-0.25, -0.2) is 4.79 Å². The highest BCUT2D eigenvalue weighted by molar-refractivity contribution is 6.00. The number of aromatic nitrogens is 2. The topological polar surface area (TPSA) is 91.7 Å². The Kier molecular flexibility index (Phi) is 4.60. The highest BCUT2D eigenvalue weighted by Gasteiger charge is 2.22. The van der Waals surface area contributed by atoms with Crippen molar-refractivity contribution in [2.24, 2.45) is 7.05 Å². The molecule has 0 atom stereocenters. The van der Waals surface area contributed by atoms with Crippen LogP contribution >= 0.6 is 0 Å². The molecule has 0 saturated carbocycles. The molecule has 132 valence electrons. The maximum absolute atomic E-state index is 12.3. The van der Waals surface area contributed by atoms with Crippen molar-refractivity contribution in [1.82, 2.24) is 9.78 Å². The van der Waals surface area contributed by atoms with Crippen LogP contribution in [0.1, 0.15) is 28.2 Å². The summed E-state index contributed by atoms with van der Waals surface area (Å²) in [5.41, 5.74) is 2.12. The summed E-state index contributed by atoms with van der Waals surface area (Å²) in [6.45, 7) is 1.94. The lowest BCUT2D eigenvalue weighted by Crippen LogP contribution is -2.17. The average molecular weight is 345 g/mol. The molecular weight excluding hydrogens is 326 g/mol. The monoisotopic (exact) mass is 345 g/mol. The van der Waals surface area contributed by atoms with Crippen molar-refractivity contribution in [2.45, 2.75) is 19.8 Å². The Morgan fingerprint density at radius 3 is 2.84 bits per heavy atom. The van der Waals surface area contributed by atoms with Gasteiger partial charge in [0.05, 0.1) is 18.5 Å². The van der Waals surface area contributed by atoms with Gasteiger partial charge >= 0.3 is 5.97 Å². The van der Waals surface area contributed by atoms with E-state index in [2.05, 4.69) is 10.4 Å². The standard InChI is InChI=1S/C17H19N3O5/c1-10-15(16(17(22)23-3)20(2)19-10)18-14(21)7-5-11-4-6-12-13(8-11)25-9-24-12/h4,6,8H,5,7,9H2,1-3H3,(H,18,21). The van der Waals surface area contributed by atoms with Crippen molar-refractivity contribution >= 4 is 17.6 Å². The third-order valence-corrected chi connectivity index (χ3v) is 3.94. The van der Waals surface area contributed by atoms with Gasteiger partial charge in [-0.2, -0.15) is 5.10 Å². The number of hydrogen-bond acceptors (Lipinski definition) is 6. The van der Waals surface area contributed by atoms with Crippen molar-refractivity contribution < 1.29 is 23.8 Å². The molecule has 2 aromatic rings. The number of anilines is 1. The second-order valence-electron chi connectivity index (χ2n) is 5.66. The van der Waals surface area contributed by atoms with Gasteiger partial charge in [-0.1, -0.05) is 6.07 Å². The number of carbonyl (C=O) groups excluding carboxylic acids is 2. The van der Waals surface area contributed by atoms with Crippen LogP contribution in [0.25, 0.3) is 0 Å². The molecule has 8 heteroatoms. The van der Waals surface area contributed by atoms with Gasteiger partial charge in [0.2, 0.25) is 12.7 Å². The number of nitrogens with zero attached hydrogens (tertiary/aromatic N) is 2. The zero-order valence-electron chi connectivity index (χ0n) is 14.3. The van der Waals surface area contributed by atoms with E-state index < -0.39 is 5.97 Å². The first-order valence-electron chi connectivity index (χ1n) is 7.80. The molecule has 25 heavy (non-hydrogen) atoms. The van der Waals surface area contributed by atoms with Gasteiger partial charge in [0.25, 0.3) is 0 Å². The van der Waals surface area contributed by atoms with Gasteiger partial charge in [-0.3, -0.25) is 9.48 Å². The Labute approximate surface area is 144 Å². The molecule has 1 aromatic carbocycles. The van der Waals surface area contributed by atoms with Crippen molar-refractivity contribution in [2.75, 3.05) is 19.2 Å². The highest BCUT2D eigenvalue weighted by atomic mass is 16.7. The lowest BCUT2D eigenvalue weighted by Gasteiger charge is -2.07. The Balaban J connectivity index is 1.66. The molecule has 8 nitrogen and oxygen atoms in total. The second-order valence-corrected chi connectivity index (χ2v) is 5.66. The van der Waals surface area contributed by atoms with Crippen molar-refractivity contribution in [3.8, 4) is 11.5 Å².